The van der Waals surface area contributed by atoms with Crippen molar-refractivity contribution in [3.05, 3.63) is 59.9 Å². The summed E-state index contributed by atoms with van der Waals surface area (Å²) in [7, 11) is 1.87. The Morgan fingerprint density at radius 3 is 2.63 bits per heavy atom. The lowest BCUT2D eigenvalue weighted by molar-refractivity contribution is 0.0241. The van der Waals surface area contributed by atoms with Crippen LogP contribution in [0.5, 0.6) is 0 Å². The highest BCUT2D eigenvalue weighted by Crippen LogP contribution is 2.34. The highest BCUT2D eigenvalue weighted by atomic mass is 19.1. The molecule has 0 atom stereocenters. The predicted molar refractivity (Wildman–Crippen MR) is 115 cm³/mol. The van der Waals surface area contributed by atoms with Crippen LogP contribution in [-0.4, -0.2) is 42.5 Å². The molecule has 0 bridgehead atoms. The van der Waals surface area contributed by atoms with Gasteiger partial charge in [-0.25, -0.2) is 9.07 Å². The van der Waals surface area contributed by atoms with Gasteiger partial charge in [-0.1, -0.05) is 19.9 Å². The Morgan fingerprint density at radius 2 is 1.93 bits per heavy atom. The number of likely N-dealkylation sites (tertiary alicyclic amines) is 1. The molecule has 1 aliphatic rings. The molecule has 1 aliphatic heterocycles. The largest absolute Gasteiger partial charge is 0.298 e. The van der Waals surface area contributed by atoms with E-state index in [1.165, 1.54) is 0 Å². The van der Waals surface area contributed by atoms with Gasteiger partial charge in [0.2, 0.25) is 0 Å². The van der Waals surface area contributed by atoms with Crippen LogP contribution in [0.4, 0.5) is 4.39 Å². The summed E-state index contributed by atoms with van der Waals surface area (Å²) in [4.78, 5) is 6.66. The molecule has 30 heavy (non-hydrogen) atoms. The SMILES string of the molecule is Cc1c(CN2CC(C)(C)C2)ccc(F)c1-n1nc(-c2cnn(C)c2)c2ccncc21. The van der Waals surface area contributed by atoms with E-state index < -0.39 is 0 Å². The zero-order valence-corrected chi connectivity index (χ0v) is 17.7. The Hall–Kier alpha value is -3.06. The second-order valence-electron chi connectivity index (χ2n) is 9.05. The van der Waals surface area contributed by atoms with Crippen molar-refractivity contribution < 1.29 is 4.39 Å². The fourth-order valence-corrected chi connectivity index (χ4v) is 4.55. The maximum atomic E-state index is 15.1. The first-order valence-corrected chi connectivity index (χ1v) is 10.1. The lowest BCUT2D eigenvalue weighted by Gasteiger charge is -2.46. The van der Waals surface area contributed by atoms with Crippen LogP contribution in [0.1, 0.15) is 25.0 Å². The quantitative estimate of drug-likeness (QED) is 0.514. The van der Waals surface area contributed by atoms with Crippen LogP contribution in [0.15, 0.2) is 43.0 Å². The average molecular weight is 404 g/mol. The van der Waals surface area contributed by atoms with Gasteiger partial charge in [-0.2, -0.15) is 10.2 Å². The van der Waals surface area contributed by atoms with Gasteiger partial charge in [0.25, 0.3) is 0 Å². The number of aryl methyl sites for hydroxylation is 1. The molecule has 0 N–H and O–H groups in total. The predicted octanol–water partition coefficient (Wildman–Crippen LogP) is 4.11. The first-order chi connectivity index (χ1) is 14.3. The number of nitrogens with zero attached hydrogens (tertiary/aromatic N) is 6. The number of benzene rings is 1. The third kappa shape index (κ3) is 3.10. The zero-order valence-electron chi connectivity index (χ0n) is 17.7. The molecule has 4 heterocycles. The Bertz CT molecular complexity index is 1240. The van der Waals surface area contributed by atoms with E-state index in [1.54, 1.807) is 34.0 Å². The minimum Gasteiger partial charge on any atom is -0.298 e. The molecule has 0 amide bonds. The third-order valence-corrected chi connectivity index (χ3v) is 5.86. The summed E-state index contributed by atoms with van der Waals surface area (Å²) in [6, 6.07) is 5.36. The van der Waals surface area contributed by atoms with Crippen molar-refractivity contribution in [2.75, 3.05) is 13.1 Å². The summed E-state index contributed by atoms with van der Waals surface area (Å²) in [5.74, 6) is -0.286. The lowest BCUT2D eigenvalue weighted by Crippen LogP contribution is -2.52. The second-order valence-corrected chi connectivity index (χ2v) is 9.05. The van der Waals surface area contributed by atoms with Gasteiger partial charge in [0.05, 0.1) is 17.9 Å². The number of aromatic nitrogens is 5. The van der Waals surface area contributed by atoms with E-state index in [0.29, 0.717) is 11.1 Å². The van der Waals surface area contributed by atoms with Gasteiger partial charge in [-0.3, -0.25) is 14.6 Å². The van der Waals surface area contributed by atoms with E-state index in [2.05, 4.69) is 28.8 Å². The summed E-state index contributed by atoms with van der Waals surface area (Å²) >= 11 is 0. The Labute approximate surface area is 175 Å². The van der Waals surface area contributed by atoms with Gasteiger partial charge in [0.15, 0.2) is 0 Å². The molecule has 0 spiro atoms. The summed E-state index contributed by atoms with van der Waals surface area (Å²) in [6.07, 6.45) is 7.17. The number of hydrogen-bond donors (Lipinski definition) is 0. The minimum atomic E-state index is -0.286. The zero-order chi connectivity index (χ0) is 21.0. The van der Waals surface area contributed by atoms with Crippen LogP contribution in [-0.2, 0) is 13.6 Å². The van der Waals surface area contributed by atoms with Crippen LogP contribution < -0.4 is 0 Å². The Balaban J connectivity index is 1.63. The molecule has 0 unspecified atom stereocenters. The van der Waals surface area contributed by atoms with Crippen LogP contribution in [0.2, 0.25) is 0 Å². The Morgan fingerprint density at radius 1 is 1.13 bits per heavy atom. The van der Waals surface area contributed by atoms with Crippen molar-refractivity contribution in [2.24, 2.45) is 12.5 Å². The highest BCUT2D eigenvalue weighted by Gasteiger charge is 2.34. The molecule has 6 nitrogen and oxygen atoms in total. The molecule has 1 fully saturated rings. The summed E-state index contributed by atoms with van der Waals surface area (Å²) < 4.78 is 18.5. The van der Waals surface area contributed by atoms with E-state index in [-0.39, 0.29) is 5.82 Å². The smallest absolute Gasteiger partial charge is 0.149 e. The second kappa shape index (κ2) is 6.74. The molecular formula is C23H25FN6. The van der Waals surface area contributed by atoms with E-state index in [9.17, 15) is 0 Å². The van der Waals surface area contributed by atoms with Gasteiger partial charge in [0, 0.05) is 50.0 Å². The van der Waals surface area contributed by atoms with Crippen LogP contribution in [0.25, 0.3) is 27.8 Å². The summed E-state index contributed by atoms with van der Waals surface area (Å²) in [5, 5.41) is 10.00. The highest BCUT2D eigenvalue weighted by molar-refractivity contribution is 5.93. The van der Waals surface area contributed by atoms with Crippen molar-refractivity contribution >= 4 is 10.9 Å². The molecule has 0 saturated carbocycles. The third-order valence-electron chi connectivity index (χ3n) is 5.86. The molecule has 3 aromatic heterocycles. The molecule has 1 aromatic carbocycles. The minimum absolute atomic E-state index is 0.286. The topological polar surface area (TPSA) is 51.8 Å². The number of pyridine rings is 1. The molecular weight excluding hydrogens is 379 g/mol. The normalized spacial score (nSPS) is 16.2. The number of halogens is 1. The maximum absolute atomic E-state index is 15.1. The number of hydrogen-bond acceptors (Lipinski definition) is 4. The molecule has 1 saturated heterocycles. The van der Waals surface area contributed by atoms with Gasteiger partial charge in [0.1, 0.15) is 17.2 Å². The van der Waals surface area contributed by atoms with Crippen molar-refractivity contribution in [3.8, 4) is 16.9 Å². The van der Waals surface area contributed by atoms with E-state index in [1.807, 2.05) is 32.3 Å². The molecule has 5 rings (SSSR count). The fourth-order valence-electron chi connectivity index (χ4n) is 4.55. The maximum Gasteiger partial charge on any atom is 0.149 e. The van der Waals surface area contributed by atoms with E-state index >= 15 is 4.39 Å². The molecule has 4 aromatic rings. The molecule has 7 heteroatoms. The first-order valence-electron chi connectivity index (χ1n) is 10.1. The first kappa shape index (κ1) is 18.9. The Kier molecular flexibility index (Phi) is 4.25. The monoisotopic (exact) mass is 404 g/mol. The summed E-state index contributed by atoms with van der Waals surface area (Å²) in [6.45, 7) is 9.45. The number of fused-ring (bicyclic) bond motifs is 1. The average Bonchev–Trinajstić information content (AvgIpc) is 3.27. The standard InChI is InChI=1S/C23H25FN6/c1-15-16(12-29-13-23(2,3)14-29)5-6-19(24)22(15)30-20-10-25-8-7-18(20)21(27-30)17-9-26-28(4)11-17/h5-11H,12-14H2,1-4H3. The van der Waals surface area contributed by atoms with Gasteiger partial charge >= 0.3 is 0 Å². The van der Waals surface area contributed by atoms with E-state index in [4.69, 9.17) is 5.10 Å². The van der Waals surface area contributed by atoms with Crippen molar-refractivity contribution in [3.63, 3.8) is 0 Å². The molecule has 0 radical (unpaired) electrons. The van der Waals surface area contributed by atoms with Gasteiger partial charge < -0.3 is 0 Å². The van der Waals surface area contributed by atoms with Crippen LogP contribution in [0, 0.1) is 18.2 Å². The number of rotatable bonds is 4. The van der Waals surface area contributed by atoms with Crippen LogP contribution >= 0.6 is 0 Å². The van der Waals surface area contributed by atoms with Crippen molar-refractivity contribution in [1.82, 2.24) is 29.4 Å². The van der Waals surface area contributed by atoms with Crippen molar-refractivity contribution in [2.45, 2.75) is 27.3 Å². The van der Waals surface area contributed by atoms with Gasteiger partial charge in [-0.15, -0.1) is 0 Å². The fraction of sp³-hybridized carbons (Fsp3) is 0.348. The van der Waals surface area contributed by atoms with Crippen LogP contribution in [0.3, 0.4) is 0 Å². The lowest BCUT2D eigenvalue weighted by atomic mass is 9.84. The molecule has 0 aliphatic carbocycles. The molecule has 154 valence electrons. The summed E-state index contributed by atoms with van der Waals surface area (Å²) in [5.41, 5.74) is 5.32. The van der Waals surface area contributed by atoms with Crippen molar-refractivity contribution in [1.29, 1.82) is 0 Å². The van der Waals surface area contributed by atoms with Gasteiger partial charge in [-0.05, 0) is 35.6 Å². The van der Waals surface area contributed by atoms with E-state index in [0.717, 1.165) is 52.9 Å².